The maximum absolute atomic E-state index is 12.5. The molecule has 2 amide bonds. The van der Waals surface area contributed by atoms with Gasteiger partial charge in [0.1, 0.15) is 6.04 Å². The number of rotatable bonds is 6. The molecule has 0 aromatic heterocycles. The zero-order valence-electron chi connectivity index (χ0n) is 14.6. The summed E-state index contributed by atoms with van der Waals surface area (Å²) in [4.78, 5) is 24.3. The quantitative estimate of drug-likeness (QED) is 0.631. The third-order valence-electron chi connectivity index (χ3n) is 4.23. The number of carbonyl (C=O) groups excluding carboxylic acids is 2. The zero-order valence-corrected chi connectivity index (χ0v) is 16.1. The normalized spacial score (nSPS) is 11.6. The van der Waals surface area contributed by atoms with Gasteiger partial charge in [-0.2, -0.15) is 0 Å². The highest BCUT2D eigenvalue weighted by Crippen LogP contribution is 2.19. The minimum absolute atomic E-state index is 0.326. The molecule has 0 saturated heterocycles. The molecule has 1 atom stereocenters. The van der Waals surface area contributed by atoms with E-state index >= 15 is 0 Å². The number of amides is 2. The first-order valence-corrected chi connectivity index (χ1v) is 9.32. The Morgan fingerprint density at radius 1 is 0.889 bits per heavy atom. The van der Waals surface area contributed by atoms with E-state index < -0.39 is 11.9 Å². The van der Waals surface area contributed by atoms with Crippen molar-refractivity contribution in [2.75, 3.05) is 0 Å². The van der Waals surface area contributed by atoms with Gasteiger partial charge in [-0.3, -0.25) is 9.59 Å². The number of halogens is 1. The minimum Gasteiger partial charge on any atom is -0.368 e. The Bertz CT molecular complexity index is 940. The predicted octanol–water partition coefficient (Wildman–Crippen LogP) is 3.94. The van der Waals surface area contributed by atoms with Crippen molar-refractivity contribution >= 4 is 27.7 Å². The van der Waals surface area contributed by atoms with Crippen LogP contribution >= 0.6 is 15.9 Å². The molecule has 0 saturated carbocycles. The third-order valence-corrected chi connectivity index (χ3v) is 4.73. The van der Waals surface area contributed by atoms with Gasteiger partial charge in [0.2, 0.25) is 5.91 Å². The SMILES string of the molecule is NC(=O)[C@H](Cc1cccc(Br)c1)NC(=O)c1ccc(-c2ccccc2)cc1. The summed E-state index contributed by atoms with van der Waals surface area (Å²) < 4.78 is 0.908. The van der Waals surface area contributed by atoms with Crippen molar-refractivity contribution in [3.8, 4) is 11.1 Å². The number of primary amides is 1. The highest BCUT2D eigenvalue weighted by Gasteiger charge is 2.19. The van der Waals surface area contributed by atoms with Crippen LogP contribution in [0.3, 0.4) is 0 Å². The third kappa shape index (κ3) is 5.05. The first-order valence-electron chi connectivity index (χ1n) is 8.53. The van der Waals surface area contributed by atoms with Gasteiger partial charge in [0.05, 0.1) is 0 Å². The molecule has 0 spiro atoms. The molecule has 27 heavy (non-hydrogen) atoms. The summed E-state index contributed by atoms with van der Waals surface area (Å²) in [5.41, 5.74) is 8.97. The van der Waals surface area contributed by atoms with E-state index in [1.165, 1.54) is 0 Å². The Labute approximate surface area is 166 Å². The van der Waals surface area contributed by atoms with Crippen molar-refractivity contribution in [3.63, 3.8) is 0 Å². The van der Waals surface area contributed by atoms with Gasteiger partial charge in [-0.15, -0.1) is 0 Å². The second kappa shape index (κ2) is 8.64. The van der Waals surface area contributed by atoms with Crippen LogP contribution in [0.4, 0.5) is 0 Å². The van der Waals surface area contributed by atoms with Gasteiger partial charge in [-0.05, 0) is 41.0 Å². The van der Waals surface area contributed by atoms with Crippen LogP contribution in [0.5, 0.6) is 0 Å². The van der Waals surface area contributed by atoms with E-state index in [1.54, 1.807) is 12.1 Å². The summed E-state index contributed by atoms with van der Waals surface area (Å²) in [6.07, 6.45) is 0.336. The summed E-state index contributed by atoms with van der Waals surface area (Å²) in [6, 6.07) is 24.0. The van der Waals surface area contributed by atoms with E-state index in [4.69, 9.17) is 5.73 Å². The molecule has 0 fully saturated rings. The largest absolute Gasteiger partial charge is 0.368 e. The number of nitrogens with two attached hydrogens (primary N) is 1. The molecular formula is C22H19BrN2O2. The lowest BCUT2D eigenvalue weighted by Crippen LogP contribution is -2.45. The fourth-order valence-electron chi connectivity index (χ4n) is 2.81. The summed E-state index contributed by atoms with van der Waals surface area (Å²) >= 11 is 3.40. The van der Waals surface area contributed by atoms with Crippen molar-refractivity contribution in [1.29, 1.82) is 0 Å². The molecule has 0 aliphatic carbocycles. The van der Waals surface area contributed by atoms with Crippen molar-refractivity contribution < 1.29 is 9.59 Å². The van der Waals surface area contributed by atoms with Crippen LogP contribution in [-0.2, 0) is 11.2 Å². The molecule has 0 radical (unpaired) electrons. The van der Waals surface area contributed by atoms with Crippen molar-refractivity contribution in [2.45, 2.75) is 12.5 Å². The first kappa shape index (κ1) is 18.9. The Balaban J connectivity index is 1.71. The predicted molar refractivity (Wildman–Crippen MR) is 110 cm³/mol. The number of hydrogen-bond acceptors (Lipinski definition) is 2. The van der Waals surface area contributed by atoms with Gasteiger partial charge in [0, 0.05) is 16.5 Å². The fourth-order valence-corrected chi connectivity index (χ4v) is 3.26. The van der Waals surface area contributed by atoms with Crippen LogP contribution in [0.25, 0.3) is 11.1 Å². The van der Waals surface area contributed by atoms with Crippen molar-refractivity contribution in [1.82, 2.24) is 5.32 Å². The highest BCUT2D eigenvalue weighted by molar-refractivity contribution is 9.10. The summed E-state index contributed by atoms with van der Waals surface area (Å²) in [5.74, 6) is -0.891. The molecule has 0 heterocycles. The molecule has 0 aliphatic rings. The van der Waals surface area contributed by atoms with E-state index in [1.807, 2.05) is 66.7 Å². The molecule has 3 aromatic carbocycles. The van der Waals surface area contributed by atoms with Crippen molar-refractivity contribution in [3.05, 3.63) is 94.5 Å². The summed E-state index contributed by atoms with van der Waals surface area (Å²) in [6.45, 7) is 0. The highest BCUT2D eigenvalue weighted by atomic mass is 79.9. The van der Waals surface area contributed by atoms with E-state index in [0.717, 1.165) is 21.2 Å². The monoisotopic (exact) mass is 422 g/mol. The Morgan fingerprint density at radius 3 is 2.19 bits per heavy atom. The van der Waals surface area contributed by atoms with Gasteiger partial charge >= 0.3 is 0 Å². The van der Waals surface area contributed by atoms with Gasteiger partial charge in [-0.25, -0.2) is 0 Å². The topological polar surface area (TPSA) is 72.2 Å². The second-order valence-corrected chi connectivity index (χ2v) is 7.12. The molecule has 3 N–H and O–H groups in total. The standard InChI is InChI=1S/C22H19BrN2O2/c23-19-8-4-5-15(13-19)14-20(21(24)26)25-22(27)18-11-9-17(10-12-18)16-6-2-1-3-7-16/h1-13,20H,14H2,(H2,24,26)(H,25,27)/t20-/m0/s1. The molecular weight excluding hydrogens is 404 g/mol. The van der Waals surface area contributed by atoms with Gasteiger partial charge < -0.3 is 11.1 Å². The zero-order chi connectivity index (χ0) is 19.2. The van der Waals surface area contributed by atoms with Gasteiger partial charge in [0.15, 0.2) is 0 Å². The lowest BCUT2D eigenvalue weighted by Gasteiger charge is -2.16. The van der Waals surface area contributed by atoms with Gasteiger partial charge in [0.25, 0.3) is 5.91 Å². The Hall–Kier alpha value is -2.92. The number of nitrogens with one attached hydrogen (secondary N) is 1. The lowest BCUT2D eigenvalue weighted by molar-refractivity contribution is -0.119. The smallest absolute Gasteiger partial charge is 0.251 e. The van der Waals surface area contributed by atoms with Crippen LogP contribution in [0, 0.1) is 0 Å². The molecule has 5 heteroatoms. The fraction of sp³-hybridized carbons (Fsp3) is 0.0909. The van der Waals surface area contributed by atoms with E-state index in [2.05, 4.69) is 21.2 Å². The van der Waals surface area contributed by atoms with Crippen molar-refractivity contribution in [2.24, 2.45) is 5.73 Å². The van der Waals surface area contributed by atoms with E-state index in [-0.39, 0.29) is 5.91 Å². The first-order chi connectivity index (χ1) is 13.0. The summed E-state index contributed by atoms with van der Waals surface area (Å²) in [5, 5.41) is 2.73. The molecule has 3 rings (SSSR count). The van der Waals surface area contributed by atoms with Gasteiger partial charge in [-0.1, -0.05) is 70.5 Å². The Morgan fingerprint density at radius 2 is 1.56 bits per heavy atom. The van der Waals surface area contributed by atoms with Crippen LogP contribution in [0.1, 0.15) is 15.9 Å². The maximum Gasteiger partial charge on any atom is 0.251 e. The summed E-state index contributed by atoms with van der Waals surface area (Å²) in [7, 11) is 0. The second-order valence-electron chi connectivity index (χ2n) is 6.21. The minimum atomic E-state index is -0.777. The average molecular weight is 423 g/mol. The van der Waals surface area contributed by atoms with Crippen LogP contribution < -0.4 is 11.1 Å². The molecule has 4 nitrogen and oxygen atoms in total. The average Bonchev–Trinajstić information content (AvgIpc) is 2.68. The van der Waals surface area contributed by atoms with Crippen LogP contribution in [-0.4, -0.2) is 17.9 Å². The van der Waals surface area contributed by atoms with Crippen LogP contribution in [0.15, 0.2) is 83.3 Å². The number of carbonyl (C=O) groups is 2. The molecule has 0 bridgehead atoms. The number of benzene rings is 3. The maximum atomic E-state index is 12.5. The lowest BCUT2D eigenvalue weighted by atomic mass is 10.0. The number of hydrogen-bond donors (Lipinski definition) is 2. The Kier molecular flexibility index (Phi) is 6.04. The molecule has 0 unspecified atom stereocenters. The van der Waals surface area contributed by atoms with E-state index in [0.29, 0.717) is 12.0 Å². The molecule has 0 aliphatic heterocycles. The molecule has 136 valence electrons. The van der Waals surface area contributed by atoms with E-state index in [9.17, 15) is 9.59 Å². The van der Waals surface area contributed by atoms with Crippen LogP contribution in [0.2, 0.25) is 0 Å². The molecule has 3 aromatic rings.